The molecule has 0 aromatic rings. The van der Waals surface area contributed by atoms with Crippen molar-refractivity contribution in [3.63, 3.8) is 0 Å². The van der Waals surface area contributed by atoms with Gasteiger partial charge in [0, 0.05) is 32.6 Å². The minimum Gasteiger partial charge on any atom is -0.395 e. The number of rotatable bonds is 7. The molecule has 0 spiro atoms. The second kappa shape index (κ2) is 7.45. The predicted octanol–water partition coefficient (Wildman–Crippen LogP) is -0.696. The topological polar surface area (TPSA) is 81.1 Å². The normalized spacial score (nSPS) is 19.3. The Kier molecular flexibility index (Phi) is 6.24. The van der Waals surface area contributed by atoms with Crippen LogP contribution >= 0.6 is 0 Å². The van der Waals surface area contributed by atoms with Gasteiger partial charge in [0.05, 0.1) is 19.1 Å². The number of nitrogens with zero attached hydrogens (tertiary/aromatic N) is 2. The number of aliphatic hydroxyl groups excluding tert-OH is 2. The molecule has 0 bridgehead atoms. The highest BCUT2D eigenvalue weighted by molar-refractivity contribution is 5.89. The van der Waals surface area contributed by atoms with Crippen molar-refractivity contribution in [1.82, 2.24) is 9.80 Å². The molecule has 6 heteroatoms. The molecule has 0 radical (unpaired) electrons. The summed E-state index contributed by atoms with van der Waals surface area (Å²) in [5, 5.41) is 17.9. The SMILES string of the molecule is CC(C)CN1CC(C(=O)N(CCO)CCO)CC1=O. The van der Waals surface area contributed by atoms with Crippen molar-refractivity contribution >= 4 is 11.8 Å². The van der Waals surface area contributed by atoms with Crippen LogP contribution in [0.2, 0.25) is 0 Å². The van der Waals surface area contributed by atoms with E-state index in [0.29, 0.717) is 19.0 Å². The van der Waals surface area contributed by atoms with Gasteiger partial charge < -0.3 is 20.0 Å². The first-order chi connectivity index (χ1) is 8.99. The summed E-state index contributed by atoms with van der Waals surface area (Å²) >= 11 is 0. The average Bonchev–Trinajstić information content (AvgIpc) is 2.69. The Labute approximate surface area is 114 Å². The lowest BCUT2D eigenvalue weighted by Gasteiger charge is -2.24. The molecule has 1 atom stereocenters. The summed E-state index contributed by atoms with van der Waals surface area (Å²) in [5.41, 5.74) is 0. The van der Waals surface area contributed by atoms with Gasteiger partial charge in [-0.25, -0.2) is 0 Å². The zero-order valence-corrected chi connectivity index (χ0v) is 11.7. The lowest BCUT2D eigenvalue weighted by molar-refractivity contribution is -0.136. The quantitative estimate of drug-likeness (QED) is 0.642. The Morgan fingerprint density at radius 3 is 2.42 bits per heavy atom. The van der Waals surface area contributed by atoms with Crippen molar-refractivity contribution in [2.45, 2.75) is 20.3 Å². The summed E-state index contributed by atoms with van der Waals surface area (Å²) in [5.74, 6) is -0.101. The summed E-state index contributed by atoms with van der Waals surface area (Å²) in [6.07, 6.45) is 0.235. The molecule has 0 aromatic carbocycles. The number of aliphatic hydroxyl groups is 2. The first kappa shape index (κ1) is 15.9. The fraction of sp³-hybridized carbons (Fsp3) is 0.846. The molecule has 2 amide bonds. The van der Waals surface area contributed by atoms with Crippen LogP contribution in [0.4, 0.5) is 0 Å². The number of hydrogen-bond donors (Lipinski definition) is 2. The highest BCUT2D eigenvalue weighted by Crippen LogP contribution is 2.21. The third-order valence-corrected chi connectivity index (χ3v) is 3.20. The Hall–Kier alpha value is -1.14. The van der Waals surface area contributed by atoms with E-state index < -0.39 is 0 Å². The lowest BCUT2D eigenvalue weighted by Crippen LogP contribution is -2.41. The Balaban J connectivity index is 2.60. The summed E-state index contributed by atoms with van der Waals surface area (Å²) in [6, 6.07) is 0. The molecule has 0 saturated carbocycles. The van der Waals surface area contributed by atoms with Crippen LogP contribution in [0, 0.1) is 11.8 Å². The van der Waals surface area contributed by atoms with Crippen molar-refractivity contribution in [3.05, 3.63) is 0 Å². The summed E-state index contributed by atoms with van der Waals surface area (Å²) in [7, 11) is 0. The van der Waals surface area contributed by atoms with Gasteiger partial charge in [-0.05, 0) is 5.92 Å². The molecular weight excluding hydrogens is 248 g/mol. The van der Waals surface area contributed by atoms with Gasteiger partial charge in [-0.15, -0.1) is 0 Å². The van der Waals surface area contributed by atoms with Gasteiger partial charge in [-0.1, -0.05) is 13.8 Å². The summed E-state index contributed by atoms with van der Waals surface area (Å²) in [6.45, 7) is 5.32. The fourth-order valence-electron chi connectivity index (χ4n) is 2.39. The second-order valence-corrected chi connectivity index (χ2v) is 5.37. The maximum absolute atomic E-state index is 12.2. The van der Waals surface area contributed by atoms with Crippen molar-refractivity contribution in [2.75, 3.05) is 39.4 Å². The van der Waals surface area contributed by atoms with E-state index in [4.69, 9.17) is 10.2 Å². The van der Waals surface area contributed by atoms with Crippen LogP contribution in [0.25, 0.3) is 0 Å². The van der Waals surface area contributed by atoms with Gasteiger partial charge >= 0.3 is 0 Å². The van der Waals surface area contributed by atoms with E-state index in [1.54, 1.807) is 4.90 Å². The molecule has 0 aliphatic carbocycles. The van der Waals surface area contributed by atoms with E-state index in [0.717, 1.165) is 0 Å². The zero-order chi connectivity index (χ0) is 14.4. The van der Waals surface area contributed by atoms with Crippen LogP contribution in [0.1, 0.15) is 20.3 Å². The van der Waals surface area contributed by atoms with Crippen molar-refractivity contribution in [2.24, 2.45) is 11.8 Å². The molecule has 1 aliphatic heterocycles. The van der Waals surface area contributed by atoms with Crippen molar-refractivity contribution in [3.8, 4) is 0 Å². The van der Waals surface area contributed by atoms with Gasteiger partial charge in [0.1, 0.15) is 0 Å². The molecule has 1 heterocycles. The number of amides is 2. The van der Waals surface area contributed by atoms with Crippen molar-refractivity contribution < 1.29 is 19.8 Å². The monoisotopic (exact) mass is 272 g/mol. The second-order valence-electron chi connectivity index (χ2n) is 5.37. The standard InChI is InChI=1S/C13H24N2O4/c1-10(2)8-15-9-11(7-12(15)18)13(19)14(3-5-16)4-6-17/h10-11,16-17H,3-9H2,1-2H3. The molecule has 1 aliphatic rings. The average molecular weight is 272 g/mol. The van der Waals surface area contributed by atoms with Crippen LogP contribution in [0.3, 0.4) is 0 Å². The van der Waals surface area contributed by atoms with E-state index in [2.05, 4.69) is 0 Å². The molecule has 1 unspecified atom stereocenters. The van der Waals surface area contributed by atoms with Gasteiger partial charge in [-0.2, -0.15) is 0 Å². The van der Waals surface area contributed by atoms with E-state index in [1.807, 2.05) is 13.8 Å². The van der Waals surface area contributed by atoms with Crippen LogP contribution in [0.5, 0.6) is 0 Å². The molecule has 1 fully saturated rings. The minimum absolute atomic E-state index is 0.0139. The zero-order valence-electron chi connectivity index (χ0n) is 11.7. The van der Waals surface area contributed by atoms with E-state index in [-0.39, 0.29) is 50.5 Å². The maximum atomic E-state index is 12.2. The molecule has 110 valence electrons. The highest BCUT2D eigenvalue weighted by Gasteiger charge is 2.36. The van der Waals surface area contributed by atoms with E-state index in [9.17, 15) is 9.59 Å². The number of likely N-dealkylation sites (tertiary alicyclic amines) is 1. The summed E-state index contributed by atoms with van der Waals surface area (Å²) < 4.78 is 0. The first-order valence-electron chi connectivity index (χ1n) is 6.77. The van der Waals surface area contributed by atoms with Crippen LogP contribution < -0.4 is 0 Å². The smallest absolute Gasteiger partial charge is 0.228 e. The third-order valence-electron chi connectivity index (χ3n) is 3.20. The Morgan fingerprint density at radius 1 is 1.37 bits per heavy atom. The first-order valence-corrected chi connectivity index (χ1v) is 6.77. The van der Waals surface area contributed by atoms with Crippen LogP contribution in [-0.4, -0.2) is 71.2 Å². The van der Waals surface area contributed by atoms with Crippen LogP contribution in [0.15, 0.2) is 0 Å². The largest absolute Gasteiger partial charge is 0.395 e. The molecule has 6 nitrogen and oxygen atoms in total. The molecule has 1 rings (SSSR count). The van der Waals surface area contributed by atoms with Crippen LogP contribution in [-0.2, 0) is 9.59 Å². The predicted molar refractivity (Wildman–Crippen MR) is 70.3 cm³/mol. The van der Waals surface area contributed by atoms with E-state index >= 15 is 0 Å². The molecule has 0 aromatic heterocycles. The van der Waals surface area contributed by atoms with Gasteiger partial charge in [0.15, 0.2) is 0 Å². The summed E-state index contributed by atoms with van der Waals surface area (Å²) in [4.78, 5) is 27.2. The number of carbonyl (C=O) groups is 2. The van der Waals surface area contributed by atoms with Gasteiger partial charge in [0.2, 0.25) is 11.8 Å². The molecule has 1 saturated heterocycles. The highest BCUT2D eigenvalue weighted by atomic mass is 16.3. The number of hydrogen-bond acceptors (Lipinski definition) is 4. The Bertz CT molecular complexity index is 314. The third kappa shape index (κ3) is 4.47. The molecule has 19 heavy (non-hydrogen) atoms. The molecule has 2 N–H and O–H groups in total. The number of carbonyl (C=O) groups excluding carboxylic acids is 2. The van der Waals surface area contributed by atoms with Gasteiger partial charge in [-0.3, -0.25) is 9.59 Å². The minimum atomic E-state index is -0.343. The lowest BCUT2D eigenvalue weighted by atomic mass is 10.1. The Morgan fingerprint density at radius 2 is 1.95 bits per heavy atom. The fourth-order valence-corrected chi connectivity index (χ4v) is 2.39. The van der Waals surface area contributed by atoms with Crippen molar-refractivity contribution in [1.29, 1.82) is 0 Å². The maximum Gasteiger partial charge on any atom is 0.228 e. The van der Waals surface area contributed by atoms with Gasteiger partial charge in [0.25, 0.3) is 0 Å². The van der Waals surface area contributed by atoms with E-state index in [1.165, 1.54) is 4.90 Å². The molecular formula is C13H24N2O4.